The standard InChI is InChI=1S/C18H19N9O2/c1-11-9-21-13-4-3-12(10-26(11)13)14-17(27-22-5-6-23-27)25-16(19)15(24-14)18(28)20-7-8-29-2/h3-6,9-10H,7-8H2,1-2H3,(H2,19,25)(H,20,28). The third-order valence-electron chi connectivity index (χ3n) is 4.28. The number of aromatic nitrogens is 7. The van der Waals surface area contributed by atoms with Gasteiger partial charge in [0.2, 0.25) is 5.82 Å². The number of imidazole rings is 1. The van der Waals surface area contributed by atoms with Gasteiger partial charge in [-0.25, -0.2) is 15.0 Å². The Kier molecular flexibility index (Phi) is 4.87. The third-order valence-corrected chi connectivity index (χ3v) is 4.28. The molecule has 1 amide bonds. The topological polar surface area (TPSA) is 138 Å². The summed E-state index contributed by atoms with van der Waals surface area (Å²) >= 11 is 0. The van der Waals surface area contributed by atoms with Gasteiger partial charge < -0.3 is 20.2 Å². The van der Waals surface area contributed by atoms with Crippen molar-refractivity contribution in [3.8, 4) is 17.1 Å². The van der Waals surface area contributed by atoms with E-state index in [1.54, 1.807) is 13.3 Å². The van der Waals surface area contributed by atoms with E-state index >= 15 is 0 Å². The molecule has 4 rings (SSSR count). The number of nitrogens with one attached hydrogen (secondary N) is 1. The molecule has 0 radical (unpaired) electrons. The third kappa shape index (κ3) is 3.50. The molecule has 11 heteroatoms. The lowest BCUT2D eigenvalue weighted by Crippen LogP contribution is -2.29. The molecular weight excluding hydrogens is 374 g/mol. The average Bonchev–Trinajstić information content (AvgIpc) is 3.38. The molecule has 0 bridgehead atoms. The van der Waals surface area contributed by atoms with Gasteiger partial charge in [-0.05, 0) is 19.1 Å². The minimum Gasteiger partial charge on any atom is -0.383 e. The van der Waals surface area contributed by atoms with Crippen molar-refractivity contribution >= 4 is 17.4 Å². The van der Waals surface area contributed by atoms with Crippen LogP contribution in [0.3, 0.4) is 0 Å². The maximum atomic E-state index is 12.5. The van der Waals surface area contributed by atoms with Gasteiger partial charge in [0.05, 0.1) is 19.0 Å². The van der Waals surface area contributed by atoms with E-state index in [1.165, 1.54) is 17.2 Å². The number of carbonyl (C=O) groups is 1. The maximum Gasteiger partial charge on any atom is 0.273 e. The molecule has 4 aromatic rings. The van der Waals surface area contributed by atoms with Crippen LogP contribution in [0.15, 0.2) is 36.9 Å². The van der Waals surface area contributed by atoms with Crippen molar-refractivity contribution in [3.63, 3.8) is 0 Å². The lowest BCUT2D eigenvalue weighted by atomic mass is 10.2. The average molecular weight is 393 g/mol. The van der Waals surface area contributed by atoms with Crippen molar-refractivity contribution in [3.05, 3.63) is 48.3 Å². The molecule has 3 N–H and O–H groups in total. The summed E-state index contributed by atoms with van der Waals surface area (Å²) in [5.74, 6) is -0.137. The quantitative estimate of drug-likeness (QED) is 0.455. The number of carbonyl (C=O) groups excluding carboxylic acids is 1. The molecule has 4 aromatic heterocycles. The Balaban J connectivity index is 1.85. The van der Waals surface area contributed by atoms with Crippen LogP contribution in [-0.2, 0) is 4.74 Å². The van der Waals surface area contributed by atoms with Crippen molar-refractivity contribution in [1.29, 1.82) is 0 Å². The number of methoxy groups -OCH3 is 1. The first-order valence-electron chi connectivity index (χ1n) is 8.84. The number of nitrogen functional groups attached to an aromatic ring is 1. The Hall–Kier alpha value is -3.86. The number of ether oxygens (including phenoxy) is 1. The van der Waals surface area contributed by atoms with Crippen LogP contribution in [0.25, 0.3) is 22.7 Å². The molecule has 0 atom stereocenters. The summed E-state index contributed by atoms with van der Waals surface area (Å²) in [4.78, 5) is 27.1. The van der Waals surface area contributed by atoms with Crippen LogP contribution in [-0.4, -0.2) is 60.5 Å². The molecular formula is C18H19N9O2. The van der Waals surface area contributed by atoms with E-state index in [0.717, 1.165) is 11.3 Å². The smallest absolute Gasteiger partial charge is 0.273 e. The maximum absolute atomic E-state index is 12.5. The van der Waals surface area contributed by atoms with Crippen LogP contribution in [0.2, 0.25) is 0 Å². The van der Waals surface area contributed by atoms with Crippen LogP contribution in [0, 0.1) is 6.92 Å². The number of hydrogen-bond donors (Lipinski definition) is 2. The molecule has 4 heterocycles. The van der Waals surface area contributed by atoms with E-state index in [1.807, 2.05) is 29.7 Å². The summed E-state index contributed by atoms with van der Waals surface area (Å²) in [5.41, 5.74) is 8.94. The molecule has 0 spiro atoms. The van der Waals surface area contributed by atoms with Crippen molar-refractivity contribution in [2.45, 2.75) is 6.92 Å². The predicted molar refractivity (Wildman–Crippen MR) is 104 cm³/mol. The molecule has 0 aliphatic rings. The highest BCUT2D eigenvalue weighted by Crippen LogP contribution is 2.26. The fourth-order valence-electron chi connectivity index (χ4n) is 2.86. The molecule has 0 unspecified atom stereocenters. The highest BCUT2D eigenvalue weighted by atomic mass is 16.5. The number of aryl methyl sites for hydroxylation is 1. The largest absolute Gasteiger partial charge is 0.383 e. The zero-order valence-corrected chi connectivity index (χ0v) is 15.9. The molecule has 0 fully saturated rings. The predicted octanol–water partition coefficient (Wildman–Crippen LogP) is 0.639. The van der Waals surface area contributed by atoms with Gasteiger partial charge in [0.25, 0.3) is 5.91 Å². The molecule has 11 nitrogen and oxygen atoms in total. The van der Waals surface area contributed by atoms with Gasteiger partial charge in [-0.3, -0.25) is 4.79 Å². The Morgan fingerprint density at radius 3 is 2.79 bits per heavy atom. The minimum absolute atomic E-state index is 0.0177. The molecule has 148 valence electrons. The van der Waals surface area contributed by atoms with Crippen LogP contribution >= 0.6 is 0 Å². The first-order valence-corrected chi connectivity index (χ1v) is 8.84. The summed E-state index contributed by atoms with van der Waals surface area (Å²) in [6.07, 6.45) is 6.70. The molecule has 0 aliphatic heterocycles. The van der Waals surface area contributed by atoms with Crippen molar-refractivity contribution in [2.24, 2.45) is 0 Å². The summed E-state index contributed by atoms with van der Waals surface area (Å²) in [6.45, 7) is 2.65. The number of rotatable bonds is 6. The molecule has 0 aromatic carbocycles. The summed E-state index contributed by atoms with van der Waals surface area (Å²) in [6, 6.07) is 3.71. The van der Waals surface area contributed by atoms with E-state index in [0.29, 0.717) is 30.2 Å². The van der Waals surface area contributed by atoms with Crippen molar-refractivity contribution in [2.75, 3.05) is 26.0 Å². The highest BCUT2D eigenvalue weighted by Gasteiger charge is 2.21. The summed E-state index contributed by atoms with van der Waals surface area (Å²) < 4.78 is 6.88. The number of nitrogens with two attached hydrogens (primary N) is 1. The van der Waals surface area contributed by atoms with Crippen LogP contribution in [0.1, 0.15) is 16.2 Å². The zero-order valence-electron chi connectivity index (χ0n) is 15.9. The molecule has 0 saturated heterocycles. The number of amides is 1. The Bertz CT molecular complexity index is 1170. The van der Waals surface area contributed by atoms with Gasteiger partial charge >= 0.3 is 0 Å². The fraction of sp³-hybridized carbons (Fsp3) is 0.222. The Morgan fingerprint density at radius 1 is 1.24 bits per heavy atom. The number of anilines is 1. The highest BCUT2D eigenvalue weighted by molar-refractivity contribution is 5.97. The molecule has 0 aliphatic carbocycles. The lowest BCUT2D eigenvalue weighted by molar-refractivity contribution is 0.0933. The second-order valence-corrected chi connectivity index (χ2v) is 6.24. The minimum atomic E-state index is -0.437. The lowest BCUT2D eigenvalue weighted by Gasteiger charge is -2.12. The zero-order chi connectivity index (χ0) is 20.4. The van der Waals surface area contributed by atoms with Gasteiger partial charge in [0, 0.05) is 37.3 Å². The Morgan fingerprint density at radius 2 is 2.03 bits per heavy atom. The second kappa shape index (κ2) is 7.64. The number of pyridine rings is 1. The van der Waals surface area contributed by atoms with Crippen LogP contribution < -0.4 is 11.1 Å². The second-order valence-electron chi connectivity index (χ2n) is 6.24. The van der Waals surface area contributed by atoms with Crippen LogP contribution in [0.4, 0.5) is 5.82 Å². The fourth-order valence-corrected chi connectivity index (χ4v) is 2.86. The van der Waals surface area contributed by atoms with E-state index in [2.05, 4.69) is 30.5 Å². The number of fused-ring (bicyclic) bond motifs is 1. The summed E-state index contributed by atoms with van der Waals surface area (Å²) in [5, 5.41) is 11.0. The SMILES string of the molecule is COCCNC(=O)c1nc(-c2ccc3ncc(C)n3c2)c(-n2nccn2)nc1N. The first-order chi connectivity index (χ1) is 14.1. The summed E-state index contributed by atoms with van der Waals surface area (Å²) in [7, 11) is 1.55. The van der Waals surface area contributed by atoms with Gasteiger partial charge in [0.15, 0.2) is 11.5 Å². The monoisotopic (exact) mass is 393 g/mol. The number of hydrogen-bond acceptors (Lipinski definition) is 8. The van der Waals surface area contributed by atoms with Crippen LogP contribution in [0.5, 0.6) is 0 Å². The van der Waals surface area contributed by atoms with E-state index in [4.69, 9.17) is 10.5 Å². The Labute approximate surface area is 165 Å². The van der Waals surface area contributed by atoms with Crippen molar-refractivity contribution in [1.82, 2.24) is 39.7 Å². The van der Waals surface area contributed by atoms with Gasteiger partial charge in [-0.15, -0.1) is 4.80 Å². The van der Waals surface area contributed by atoms with Gasteiger partial charge in [-0.1, -0.05) is 0 Å². The molecule has 29 heavy (non-hydrogen) atoms. The van der Waals surface area contributed by atoms with E-state index in [9.17, 15) is 4.79 Å². The van der Waals surface area contributed by atoms with E-state index < -0.39 is 5.91 Å². The number of nitrogens with zero attached hydrogens (tertiary/aromatic N) is 7. The van der Waals surface area contributed by atoms with Gasteiger partial charge in [0.1, 0.15) is 11.3 Å². The van der Waals surface area contributed by atoms with Gasteiger partial charge in [-0.2, -0.15) is 10.2 Å². The van der Waals surface area contributed by atoms with E-state index in [-0.39, 0.29) is 11.5 Å². The first kappa shape index (κ1) is 18.5. The molecule has 0 saturated carbocycles. The normalized spacial score (nSPS) is 11.1. The van der Waals surface area contributed by atoms with Crippen molar-refractivity contribution < 1.29 is 9.53 Å².